The second-order valence-electron chi connectivity index (χ2n) is 4.09. The number of phenols is 1. The molecule has 0 radical (unpaired) electrons. The molecule has 1 N–H and O–H groups in total. The van der Waals surface area contributed by atoms with Gasteiger partial charge in [0.05, 0.1) is 0 Å². The maximum Gasteiger partial charge on any atom is 0.194 e. The first-order valence-electron chi connectivity index (χ1n) is 5.72. The SMILES string of the molecule is Oc1cc2ccccc2cc1Oc1cc(Cl)nnc1Cl. The summed E-state index contributed by atoms with van der Waals surface area (Å²) in [5, 5.41) is 19.3. The molecule has 0 fully saturated rings. The molecule has 0 unspecified atom stereocenters. The highest BCUT2D eigenvalue weighted by molar-refractivity contribution is 6.32. The third-order valence-corrected chi connectivity index (χ3v) is 3.18. The third-order valence-electron chi connectivity index (χ3n) is 2.73. The quantitative estimate of drug-likeness (QED) is 0.760. The predicted octanol–water partition coefficient (Wildman–Crippen LogP) is 4.43. The molecule has 0 amide bonds. The molecule has 0 aliphatic carbocycles. The first-order chi connectivity index (χ1) is 9.63. The Kier molecular flexibility index (Phi) is 3.34. The molecule has 20 heavy (non-hydrogen) atoms. The number of ether oxygens (including phenoxy) is 1. The first kappa shape index (κ1) is 13.0. The Morgan fingerprint density at radius 3 is 2.35 bits per heavy atom. The van der Waals surface area contributed by atoms with E-state index in [-0.39, 0.29) is 27.6 Å². The minimum Gasteiger partial charge on any atom is -0.504 e. The Morgan fingerprint density at radius 1 is 0.900 bits per heavy atom. The molecule has 3 aromatic rings. The highest BCUT2D eigenvalue weighted by Crippen LogP contribution is 2.36. The summed E-state index contributed by atoms with van der Waals surface area (Å²) in [5.41, 5.74) is 0. The van der Waals surface area contributed by atoms with Crippen LogP contribution < -0.4 is 4.74 Å². The van der Waals surface area contributed by atoms with Gasteiger partial charge in [0.25, 0.3) is 0 Å². The van der Waals surface area contributed by atoms with Crippen LogP contribution in [0.1, 0.15) is 0 Å². The molecule has 0 aliphatic rings. The zero-order chi connectivity index (χ0) is 14.1. The lowest BCUT2D eigenvalue weighted by atomic mass is 10.1. The van der Waals surface area contributed by atoms with Crippen molar-refractivity contribution >= 4 is 34.0 Å². The number of halogens is 2. The number of aromatic hydroxyl groups is 1. The lowest BCUT2D eigenvalue weighted by Crippen LogP contribution is -1.91. The fourth-order valence-corrected chi connectivity index (χ4v) is 2.08. The smallest absolute Gasteiger partial charge is 0.194 e. The van der Waals surface area contributed by atoms with E-state index in [1.54, 1.807) is 12.1 Å². The number of benzene rings is 2. The van der Waals surface area contributed by atoms with E-state index in [9.17, 15) is 5.11 Å². The largest absolute Gasteiger partial charge is 0.504 e. The van der Waals surface area contributed by atoms with Crippen molar-refractivity contribution in [3.05, 3.63) is 52.8 Å². The van der Waals surface area contributed by atoms with Crippen LogP contribution in [0.3, 0.4) is 0 Å². The zero-order valence-electron chi connectivity index (χ0n) is 10.0. The summed E-state index contributed by atoms with van der Waals surface area (Å²) in [5.74, 6) is 0.514. The van der Waals surface area contributed by atoms with Crippen LogP contribution in [-0.2, 0) is 0 Å². The van der Waals surface area contributed by atoms with Gasteiger partial charge in [-0.2, -0.15) is 0 Å². The van der Waals surface area contributed by atoms with E-state index in [1.165, 1.54) is 6.07 Å². The molecule has 6 heteroatoms. The number of rotatable bonds is 2. The standard InChI is InChI=1S/C14H8Cl2N2O2/c15-13-7-12(14(16)18-17-13)20-11-6-9-4-2-1-3-8(9)5-10(11)19/h1-7,19H. The van der Waals surface area contributed by atoms with Gasteiger partial charge in [-0.15, -0.1) is 10.2 Å². The van der Waals surface area contributed by atoms with Gasteiger partial charge >= 0.3 is 0 Å². The lowest BCUT2D eigenvalue weighted by Gasteiger charge is -2.09. The molecule has 0 saturated carbocycles. The number of hydrogen-bond donors (Lipinski definition) is 1. The molecule has 0 saturated heterocycles. The number of phenolic OH excluding ortho intramolecular Hbond substituents is 1. The van der Waals surface area contributed by atoms with Crippen LogP contribution in [0.4, 0.5) is 0 Å². The van der Waals surface area contributed by atoms with Gasteiger partial charge in [-0.3, -0.25) is 0 Å². The number of fused-ring (bicyclic) bond motifs is 1. The monoisotopic (exact) mass is 306 g/mol. The number of aromatic nitrogens is 2. The molecule has 1 aromatic heterocycles. The van der Waals surface area contributed by atoms with Crippen LogP contribution in [0.15, 0.2) is 42.5 Å². The van der Waals surface area contributed by atoms with Gasteiger partial charge in [0.15, 0.2) is 27.6 Å². The second-order valence-corrected chi connectivity index (χ2v) is 4.84. The van der Waals surface area contributed by atoms with Gasteiger partial charge in [0, 0.05) is 6.07 Å². The lowest BCUT2D eigenvalue weighted by molar-refractivity contribution is 0.411. The summed E-state index contributed by atoms with van der Waals surface area (Å²) in [6, 6.07) is 12.4. The fourth-order valence-electron chi connectivity index (χ4n) is 1.82. The Balaban J connectivity index is 2.06. The van der Waals surface area contributed by atoms with E-state index in [4.69, 9.17) is 27.9 Å². The van der Waals surface area contributed by atoms with Crippen LogP contribution in [-0.4, -0.2) is 15.3 Å². The first-order valence-corrected chi connectivity index (χ1v) is 6.47. The topological polar surface area (TPSA) is 55.2 Å². The van der Waals surface area contributed by atoms with E-state index in [0.717, 1.165) is 10.8 Å². The molecule has 0 atom stereocenters. The van der Waals surface area contributed by atoms with Crippen LogP contribution in [0.5, 0.6) is 17.2 Å². The Hall–Kier alpha value is -2.04. The highest BCUT2D eigenvalue weighted by Gasteiger charge is 2.11. The normalized spacial score (nSPS) is 10.7. The van der Waals surface area contributed by atoms with E-state index >= 15 is 0 Å². The molecule has 2 aromatic carbocycles. The summed E-state index contributed by atoms with van der Waals surface area (Å²) in [6.45, 7) is 0. The van der Waals surface area contributed by atoms with E-state index < -0.39 is 0 Å². The molecular weight excluding hydrogens is 299 g/mol. The van der Waals surface area contributed by atoms with Crippen molar-refractivity contribution in [2.24, 2.45) is 0 Å². The van der Waals surface area contributed by atoms with E-state index in [1.807, 2.05) is 24.3 Å². The van der Waals surface area contributed by atoms with Gasteiger partial charge in [-0.1, -0.05) is 47.5 Å². The maximum atomic E-state index is 9.99. The number of nitrogens with zero attached hydrogens (tertiary/aromatic N) is 2. The zero-order valence-corrected chi connectivity index (χ0v) is 11.6. The Labute approximate surface area is 124 Å². The maximum absolute atomic E-state index is 9.99. The van der Waals surface area contributed by atoms with Crippen LogP contribution in [0.2, 0.25) is 10.3 Å². The third kappa shape index (κ3) is 2.48. The van der Waals surface area contributed by atoms with Gasteiger partial charge < -0.3 is 9.84 Å². The van der Waals surface area contributed by atoms with Crippen molar-refractivity contribution < 1.29 is 9.84 Å². The fraction of sp³-hybridized carbons (Fsp3) is 0. The van der Waals surface area contributed by atoms with Crippen molar-refractivity contribution in [2.75, 3.05) is 0 Å². The molecule has 100 valence electrons. The summed E-state index contributed by atoms with van der Waals surface area (Å²) >= 11 is 11.6. The molecule has 1 heterocycles. The summed E-state index contributed by atoms with van der Waals surface area (Å²) in [6.07, 6.45) is 0. The van der Waals surface area contributed by atoms with Crippen molar-refractivity contribution in [3.63, 3.8) is 0 Å². The van der Waals surface area contributed by atoms with Crippen LogP contribution in [0.25, 0.3) is 10.8 Å². The average molecular weight is 307 g/mol. The molecule has 0 aliphatic heterocycles. The van der Waals surface area contributed by atoms with Gasteiger partial charge in [-0.25, -0.2) is 0 Å². The Bertz CT molecular complexity index is 793. The minimum absolute atomic E-state index is 0.00713. The second kappa shape index (κ2) is 5.15. The van der Waals surface area contributed by atoms with Gasteiger partial charge in [0.2, 0.25) is 0 Å². The van der Waals surface area contributed by atoms with Crippen molar-refractivity contribution in [1.29, 1.82) is 0 Å². The predicted molar refractivity (Wildman–Crippen MR) is 77.7 cm³/mol. The number of hydrogen-bond acceptors (Lipinski definition) is 4. The molecule has 3 rings (SSSR count). The van der Waals surface area contributed by atoms with Gasteiger partial charge in [-0.05, 0) is 22.9 Å². The van der Waals surface area contributed by atoms with Crippen molar-refractivity contribution in [3.8, 4) is 17.2 Å². The molecular formula is C14H8Cl2N2O2. The molecule has 4 nitrogen and oxygen atoms in total. The summed E-state index contributed by atoms with van der Waals surface area (Å²) in [7, 11) is 0. The molecule has 0 spiro atoms. The van der Waals surface area contributed by atoms with E-state index in [2.05, 4.69) is 10.2 Å². The minimum atomic E-state index is 0.00713. The molecule has 0 bridgehead atoms. The Morgan fingerprint density at radius 2 is 1.60 bits per heavy atom. The van der Waals surface area contributed by atoms with Gasteiger partial charge in [0.1, 0.15) is 0 Å². The highest BCUT2D eigenvalue weighted by atomic mass is 35.5. The van der Waals surface area contributed by atoms with Crippen LogP contribution in [0, 0.1) is 0 Å². The van der Waals surface area contributed by atoms with Crippen molar-refractivity contribution in [2.45, 2.75) is 0 Å². The summed E-state index contributed by atoms with van der Waals surface area (Å²) in [4.78, 5) is 0. The average Bonchev–Trinajstić information content (AvgIpc) is 2.43. The van der Waals surface area contributed by atoms with E-state index in [0.29, 0.717) is 0 Å². The summed E-state index contributed by atoms with van der Waals surface area (Å²) < 4.78 is 5.56. The van der Waals surface area contributed by atoms with Crippen molar-refractivity contribution in [1.82, 2.24) is 10.2 Å². The van der Waals surface area contributed by atoms with Crippen LogP contribution >= 0.6 is 23.2 Å².